The van der Waals surface area contributed by atoms with E-state index in [-0.39, 0.29) is 5.54 Å². The molecule has 2 heterocycles. The Morgan fingerprint density at radius 1 is 0.943 bits per heavy atom. The molecular formula is C31H52N4. The van der Waals surface area contributed by atoms with E-state index in [4.69, 9.17) is 5.73 Å². The minimum atomic E-state index is -0.0132. The summed E-state index contributed by atoms with van der Waals surface area (Å²) in [5.41, 5.74) is 9.75. The maximum atomic E-state index is 7.19. The van der Waals surface area contributed by atoms with Gasteiger partial charge in [-0.2, -0.15) is 0 Å². The number of rotatable bonds is 5. The zero-order chi connectivity index (χ0) is 24.3. The molecule has 35 heavy (non-hydrogen) atoms. The Balaban J connectivity index is 1.42. The molecule has 0 aliphatic heterocycles. The summed E-state index contributed by atoms with van der Waals surface area (Å²) in [5.74, 6) is 1.43. The molecule has 196 valence electrons. The van der Waals surface area contributed by atoms with Gasteiger partial charge in [0.2, 0.25) is 0 Å². The number of hydrogen-bond donors (Lipinski definition) is 3. The SMILES string of the molecule is CC1(N)CCCCCCCCCC1C1CCCCCCCC(NCCc2c[nH]c3ccncc23)C1. The molecule has 0 bridgehead atoms. The molecule has 4 nitrogen and oxygen atoms in total. The largest absolute Gasteiger partial charge is 0.361 e. The summed E-state index contributed by atoms with van der Waals surface area (Å²) in [6, 6.07) is 2.69. The van der Waals surface area contributed by atoms with Gasteiger partial charge in [0.15, 0.2) is 0 Å². The molecule has 4 rings (SSSR count). The van der Waals surface area contributed by atoms with E-state index in [2.05, 4.69) is 34.5 Å². The lowest BCUT2D eigenvalue weighted by Gasteiger charge is -2.42. The molecule has 4 atom stereocenters. The average Bonchev–Trinajstić information content (AvgIpc) is 3.25. The summed E-state index contributed by atoms with van der Waals surface area (Å²) in [4.78, 5) is 7.75. The normalized spacial score (nSPS) is 30.5. The number of aromatic nitrogens is 2. The van der Waals surface area contributed by atoms with E-state index in [9.17, 15) is 0 Å². The van der Waals surface area contributed by atoms with Crippen molar-refractivity contribution in [3.63, 3.8) is 0 Å². The van der Waals surface area contributed by atoms with Gasteiger partial charge in [-0.3, -0.25) is 4.98 Å². The summed E-state index contributed by atoms with van der Waals surface area (Å²) in [5, 5.41) is 5.29. The van der Waals surface area contributed by atoms with Gasteiger partial charge < -0.3 is 16.0 Å². The van der Waals surface area contributed by atoms with Crippen LogP contribution >= 0.6 is 0 Å². The zero-order valence-corrected chi connectivity index (χ0v) is 22.5. The fraction of sp³-hybridized carbons (Fsp3) is 0.774. The Bertz CT molecular complexity index is 857. The molecule has 0 spiro atoms. The third kappa shape index (κ3) is 8.05. The van der Waals surface area contributed by atoms with Crippen LogP contribution in [0.4, 0.5) is 0 Å². The highest BCUT2D eigenvalue weighted by molar-refractivity contribution is 5.81. The lowest BCUT2D eigenvalue weighted by atomic mass is 9.68. The van der Waals surface area contributed by atoms with Crippen LogP contribution in [0.2, 0.25) is 0 Å². The molecule has 2 fully saturated rings. The Labute approximate surface area is 214 Å². The Morgan fingerprint density at radius 2 is 1.63 bits per heavy atom. The molecule has 0 aromatic carbocycles. The zero-order valence-electron chi connectivity index (χ0n) is 22.5. The molecular weight excluding hydrogens is 428 g/mol. The van der Waals surface area contributed by atoms with Crippen LogP contribution in [0.15, 0.2) is 24.7 Å². The standard InChI is InChI=1S/C31H52N4/c1-31(32)19-13-9-4-2-3-8-12-16-29(31)25-14-10-6-5-7-11-15-27(22-25)34-21-17-26-23-35-30-18-20-33-24-28(26)30/h18,20,23-25,27,29,34-35H,2-17,19,21-22,32H2,1H3. The quantitative estimate of drug-likeness (QED) is 0.411. The van der Waals surface area contributed by atoms with Gasteiger partial charge >= 0.3 is 0 Å². The van der Waals surface area contributed by atoms with E-state index in [1.807, 2.05) is 12.4 Å². The van der Waals surface area contributed by atoms with Gasteiger partial charge in [-0.15, -0.1) is 0 Å². The number of H-pyrrole nitrogens is 1. The smallest absolute Gasteiger partial charge is 0.0487 e. The molecule has 4 N–H and O–H groups in total. The van der Waals surface area contributed by atoms with Crippen LogP contribution in [0, 0.1) is 11.8 Å². The van der Waals surface area contributed by atoms with Gasteiger partial charge in [0.05, 0.1) is 0 Å². The van der Waals surface area contributed by atoms with Crippen LogP contribution in [-0.2, 0) is 6.42 Å². The average molecular weight is 481 g/mol. The van der Waals surface area contributed by atoms with E-state index in [0.29, 0.717) is 12.0 Å². The highest BCUT2D eigenvalue weighted by Gasteiger charge is 2.36. The summed E-state index contributed by atoms with van der Waals surface area (Å²) in [6.45, 7) is 3.45. The second-order valence-electron chi connectivity index (χ2n) is 12.1. The van der Waals surface area contributed by atoms with Crippen molar-refractivity contribution < 1.29 is 0 Å². The fourth-order valence-corrected chi connectivity index (χ4v) is 7.16. The molecule has 0 amide bonds. The van der Waals surface area contributed by atoms with Crippen molar-refractivity contribution in [2.24, 2.45) is 17.6 Å². The number of hydrogen-bond acceptors (Lipinski definition) is 3. The first-order chi connectivity index (χ1) is 17.1. The molecule has 4 heteroatoms. The van der Waals surface area contributed by atoms with Crippen molar-refractivity contribution in [2.45, 2.75) is 134 Å². The van der Waals surface area contributed by atoms with Crippen molar-refractivity contribution in [3.05, 3.63) is 30.2 Å². The molecule has 2 saturated carbocycles. The van der Waals surface area contributed by atoms with Crippen molar-refractivity contribution >= 4 is 10.9 Å². The maximum Gasteiger partial charge on any atom is 0.0487 e. The van der Waals surface area contributed by atoms with Crippen LogP contribution in [0.5, 0.6) is 0 Å². The minimum Gasteiger partial charge on any atom is -0.361 e. The van der Waals surface area contributed by atoms with Crippen molar-refractivity contribution in [1.29, 1.82) is 0 Å². The summed E-state index contributed by atoms with van der Waals surface area (Å²) < 4.78 is 0. The second kappa shape index (κ2) is 13.8. The molecule has 0 saturated heterocycles. The molecule has 2 aromatic rings. The molecule has 2 aliphatic rings. The van der Waals surface area contributed by atoms with Crippen LogP contribution in [0.25, 0.3) is 10.9 Å². The van der Waals surface area contributed by atoms with E-state index < -0.39 is 0 Å². The van der Waals surface area contributed by atoms with Crippen molar-refractivity contribution in [2.75, 3.05) is 6.54 Å². The fourth-order valence-electron chi connectivity index (χ4n) is 7.16. The van der Waals surface area contributed by atoms with Gasteiger partial charge in [0.25, 0.3) is 0 Å². The number of nitrogens with two attached hydrogens (primary N) is 1. The number of aromatic amines is 1. The van der Waals surface area contributed by atoms with Crippen LogP contribution in [0.1, 0.15) is 122 Å². The Morgan fingerprint density at radius 3 is 2.43 bits per heavy atom. The number of nitrogens with one attached hydrogen (secondary N) is 2. The van der Waals surface area contributed by atoms with Gasteiger partial charge in [-0.05, 0) is 69.0 Å². The van der Waals surface area contributed by atoms with Gasteiger partial charge in [-0.1, -0.05) is 83.5 Å². The predicted octanol–water partition coefficient (Wildman–Crippen LogP) is 7.67. The van der Waals surface area contributed by atoms with Crippen molar-refractivity contribution in [1.82, 2.24) is 15.3 Å². The first-order valence-corrected chi connectivity index (χ1v) is 15.1. The molecule has 2 aromatic heterocycles. The second-order valence-corrected chi connectivity index (χ2v) is 12.1. The lowest BCUT2D eigenvalue weighted by molar-refractivity contribution is 0.138. The van der Waals surface area contributed by atoms with Crippen LogP contribution in [0.3, 0.4) is 0 Å². The Kier molecular flexibility index (Phi) is 10.5. The van der Waals surface area contributed by atoms with E-state index in [1.54, 1.807) is 0 Å². The van der Waals surface area contributed by atoms with Crippen molar-refractivity contribution in [3.8, 4) is 0 Å². The summed E-state index contributed by atoms with van der Waals surface area (Å²) in [7, 11) is 0. The van der Waals surface area contributed by atoms with Gasteiger partial charge in [-0.25, -0.2) is 0 Å². The van der Waals surface area contributed by atoms with Crippen LogP contribution < -0.4 is 11.1 Å². The van der Waals surface area contributed by atoms with Crippen LogP contribution in [-0.4, -0.2) is 28.1 Å². The van der Waals surface area contributed by atoms with E-state index in [1.165, 1.54) is 126 Å². The van der Waals surface area contributed by atoms with E-state index >= 15 is 0 Å². The van der Waals surface area contributed by atoms with Gasteiger partial charge in [0.1, 0.15) is 0 Å². The first-order valence-electron chi connectivity index (χ1n) is 15.1. The highest BCUT2D eigenvalue weighted by Crippen LogP contribution is 2.39. The van der Waals surface area contributed by atoms with Gasteiger partial charge in [0, 0.05) is 41.1 Å². The monoisotopic (exact) mass is 480 g/mol. The molecule has 0 radical (unpaired) electrons. The number of fused-ring (bicyclic) bond motifs is 1. The molecule has 4 unspecified atom stereocenters. The molecule has 2 aliphatic carbocycles. The minimum absolute atomic E-state index is 0.0132. The summed E-state index contributed by atoms with van der Waals surface area (Å²) >= 11 is 0. The summed E-state index contributed by atoms with van der Waals surface area (Å²) in [6.07, 6.45) is 30.4. The topological polar surface area (TPSA) is 66.7 Å². The number of nitrogens with zero attached hydrogens (tertiary/aromatic N) is 1. The third-order valence-corrected chi connectivity index (χ3v) is 9.26. The lowest BCUT2D eigenvalue weighted by Crippen LogP contribution is -2.49. The third-order valence-electron chi connectivity index (χ3n) is 9.26. The van der Waals surface area contributed by atoms with E-state index in [0.717, 1.165) is 18.9 Å². The highest BCUT2D eigenvalue weighted by atomic mass is 14.9. The first kappa shape index (κ1) is 26.7. The number of pyridine rings is 1. The maximum absolute atomic E-state index is 7.19. The predicted molar refractivity (Wildman–Crippen MR) is 150 cm³/mol. The Hall–Kier alpha value is -1.39.